The van der Waals surface area contributed by atoms with E-state index in [0.29, 0.717) is 10.7 Å². The number of rotatable bonds is 6. The Bertz CT molecular complexity index is 1070. The zero-order valence-corrected chi connectivity index (χ0v) is 19.5. The number of nitrogens with one attached hydrogen (secondary N) is 2. The molecule has 0 aliphatic carbocycles. The summed E-state index contributed by atoms with van der Waals surface area (Å²) in [6, 6.07) is 15.8. The predicted molar refractivity (Wildman–Crippen MR) is 119 cm³/mol. The van der Waals surface area contributed by atoms with Gasteiger partial charge in [-0.3, -0.25) is 5.10 Å². The molecular formula is C20H22AsN3O6S. The quantitative estimate of drug-likeness (QED) is 0.172. The maximum Gasteiger partial charge on any atom is 0.194 e. The third-order valence-electron chi connectivity index (χ3n) is 3.95. The second kappa shape index (κ2) is 11.6. The zero-order valence-electron chi connectivity index (χ0n) is 16.8. The number of H-pyrrole nitrogens is 1. The number of ether oxygens (including phenoxy) is 1. The van der Waals surface area contributed by atoms with Crippen molar-refractivity contribution >= 4 is 47.4 Å². The molecule has 164 valence electrons. The Morgan fingerprint density at radius 3 is 2.55 bits per heavy atom. The number of aromatic nitrogens is 2. The molecule has 0 spiro atoms. The number of methoxy groups -OCH3 is 1. The van der Waals surface area contributed by atoms with Crippen molar-refractivity contribution in [2.45, 2.75) is 13.3 Å². The fourth-order valence-corrected chi connectivity index (χ4v) is 4.13. The number of hydrogen-bond acceptors (Lipinski definition) is 7. The molecule has 0 fully saturated rings. The van der Waals surface area contributed by atoms with E-state index in [1.807, 2.05) is 18.2 Å². The van der Waals surface area contributed by atoms with Crippen molar-refractivity contribution in [3.05, 3.63) is 77.6 Å². The Kier molecular flexibility index (Phi) is 9.17. The summed E-state index contributed by atoms with van der Waals surface area (Å²) in [6.45, 7) is 1.32. The van der Waals surface area contributed by atoms with Crippen LogP contribution in [0.5, 0.6) is 0 Å². The molecule has 1 aromatic heterocycles. The topological polar surface area (TPSA) is 134 Å². The van der Waals surface area contributed by atoms with E-state index in [-0.39, 0.29) is 10.3 Å². The summed E-state index contributed by atoms with van der Waals surface area (Å²) in [7, 11) is 1.57. The van der Waals surface area contributed by atoms with Crippen molar-refractivity contribution in [3.63, 3.8) is 0 Å². The molecule has 0 aliphatic heterocycles. The predicted octanol–water partition coefficient (Wildman–Crippen LogP) is 2.03. The molecule has 1 atom stereocenters. The second-order valence-corrected chi connectivity index (χ2v) is 10.2. The monoisotopic (exact) mass is 507 g/mol. The third kappa shape index (κ3) is 7.46. The van der Waals surface area contributed by atoms with Gasteiger partial charge in [-0.15, -0.1) is 0 Å². The Morgan fingerprint density at radius 2 is 1.94 bits per heavy atom. The Labute approximate surface area is 187 Å². The van der Waals surface area contributed by atoms with E-state index in [9.17, 15) is 12.6 Å². The summed E-state index contributed by atoms with van der Waals surface area (Å²) in [5, 5.41) is 18.1. The van der Waals surface area contributed by atoms with Crippen LogP contribution in [0.2, 0.25) is 0 Å². The smallest absolute Gasteiger partial charge is 0.194 e. The summed E-state index contributed by atoms with van der Waals surface area (Å²) in [6.07, 6.45) is 2.48. The zero-order chi connectivity index (χ0) is 22.9. The molecule has 31 heavy (non-hydrogen) atoms. The molecule has 3 aromatic rings. The van der Waals surface area contributed by atoms with E-state index in [2.05, 4.69) is 31.5 Å². The maximum absolute atomic E-state index is 11.3. The van der Waals surface area contributed by atoms with Gasteiger partial charge in [-0.05, 0) is 17.8 Å². The van der Waals surface area contributed by atoms with Gasteiger partial charge >= 0.3 is 88.4 Å². The van der Waals surface area contributed by atoms with Gasteiger partial charge in [0.1, 0.15) is 0 Å². The Morgan fingerprint density at radius 1 is 1.23 bits per heavy atom. The number of thiocarbonyl (C=S) groups is 1. The molecule has 0 saturated carbocycles. The fourth-order valence-electron chi connectivity index (χ4n) is 2.54. The van der Waals surface area contributed by atoms with Gasteiger partial charge in [0.25, 0.3) is 0 Å². The normalized spacial score (nSPS) is 12.1. The van der Waals surface area contributed by atoms with E-state index in [0.717, 1.165) is 17.7 Å². The summed E-state index contributed by atoms with van der Waals surface area (Å²) < 4.78 is 29.0. The fraction of sp³-hybridized carbons (Fsp3) is 0.150. The molecule has 11 heteroatoms. The van der Waals surface area contributed by atoms with Gasteiger partial charge in [-0.2, -0.15) is 5.10 Å². The summed E-state index contributed by atoms with van der Waals surface area (Å²) in [5.74, 6) is -0.294. The van der Waals surface area contributed by atoms with Crippen LogP contribution >= 0.6 is 12.2 Å². The van der Waals surface area contributed by atoms with Gasteiger partial charge in [0.2, 0.25) is 0 Å². The molecule has 2 aromatic carbocycles. The summed E-state index contributed by atoms with van der Waals surface area (Å²) in [4.78, 5) is 10.7. The molecule has 1 heterocycles. The average molecular weight is 507 g/mol. The van der Waals surface area contributed by atoms with Gasteiger partial charge in [0.05, 0.1) is 24.6 Å². The number of benzene rings is 2. The first-order valence-corrected chi connectivity index (χ1v) is 12.7. The van der Waals surface area contributed by atoms with Crippen LogP contribution in [0.4, 0.5) is 5.69 Å². The molecule has 1 unspecified atom stereocenters. The van der Waals surface area contributed by atoms with Crippen LogP contribution in [0.25, 0.3) is 0 Å². The van der Waals surface area contributed by atoms with Gasteiger partial charge in [0, 0.05) is 6.42 Å². The van der Waals surface area contributed by atoms with E-state index >= 15 is 0 Å². The number of aromatic amines is 1. The van der Waals surface area contributed by atoms with Crippen LogP contribution in [0.1, 0.15) is 23.7 Å². The molecular weight excluding hydrogens is 485 g/mol. The van der Waals surface area contributed by atoms with Crippen LogP contribution in [0, 0.1) is 0 Å². The molecule has 0 bridgehead atoms. The Balaban J connectivity index is 0.000000221. The van der Waals surface area contributed by atoms with E-state index in [1.54, 1.807) is 19.4 Å². The van der Waals surface area contributed by atoms with Gasteiger partial charge < -0.3 is 4.74 Å². The van der Waals surface area contributed by atoms with E-state index in [4.69, 9.17) is 22.2 Å². The number of anilines is 1. The van der Waals surface area contributed by atoms with Crippen LogP contribution in [-0.4, -0.2) is 51.8 Å². The van der Waals surface area contributed by atoms with Crippen LogP contribution in [0.15, 0.2) is 60.8 Å². The SMILES string of the molecule is CC(=O)Nc1cccc([As](=O)(O)OO)c1.COC(=S)c1cn[nH]c1Cc1ccccc1. The first kappa shape index (κ1) is 24.5. The molecule has 0 saturated heterocycles. The minimum absolute atomic E-state index is 0.0399. The van der Waals surface area contributed by atoms with Crippen molar-refractivity contribution in [2.75, 3.05) is 12.4 Å². The van der Waals surface area contributed by atoms with E-state index < -0.39 is 14.2 Å². The average Bonchev–Trinajstić information content (AvgIpc) is 3.22. The number of carbonyl (C=O) groups excluding carboxylic acids is 1. The molecule has 1 amide bonds. The molecule has 4 N–H and O–H groups in total. The van der Waals surface area contributed by atoms with Gasteiger partial charge in [-0.25, -0.2) is 0 Å². The molecule has 0 aliphatic rings. The molecule has 9 nitrogen and oxygen atoms in total. The van der Waals surface area contributed by atoms with Crippen LogP contribution in [-0.2, 0) is 23.6 Å². The van der Waals surface area contributed by atoms with Crippen LogP contribution < -0.4 is 9.67 Å². The molecule has 0 radical (unpaired) electrons. The first-order valence-electron chi connectivity index (χ1n) is 8.95. The second-order valence-electron chi connectivity index (χ2n) is 6.25. The number of carbonyl (C=O) groups is 1. The summed E-state index contributed by atoms with van der Waals surface area (Å²) >= 11 is 0.271. The minimum Gasteiger partial charge on any atom is -0.486 e. The number of nitrogens with zero attached hydrogens (tertiary/aromatic N) is 1. The van der Waals surface area contributed by atoms with Crippen molar-refractivity contribution < 1.29 is 26.5 Å². The van der Waals surface area contributed by atoms with Crippen LogP contribution in [0.3, 0.4) is 0 Å². The maximum atomic E-state index is 11.3. The third-order valence-corrected chi connectivity index (χ3v) is 6.75. The largest absolute Gasteiger partial charge is 0.486 e. The standard InChI is InChI=1S/C12H12N2OS.C8H10AsNO5/c1-15-12(16)10-8-13-14-11(10)7-9-5-3-2-4-6-9;1-6(11)10-8-4-2-3-7(5-8)9(12,13)15-14/h2-6,8H,7H2,1H3,(H,13,14);2-5,14H,1H3,(H,10,11)(H,12,13). The molecule has 3 rings (SSSR count). The summed E-state index contributed by atoms with van der Waals surface area (Å²) in [5.41, 5.74) is 3.43. The minimum atomic E-state index is -4.83. The Hall–Kier alpha value is -2.75. The number of hydrogen-bond donors (Lipinski definition) is 4. The number of amides is 1. The van der Waals surface area contributed by atoms with Gasteiger partial charge in [0.15, 0.2) is 5.05 Å². The van der Waals surface area contributed by atoms with E-state index in [1.165, 1.54) is 30.7 Å². The van der Waals surface area contributed by atoms with Crippen molar-refractivity contribution in [1.29, 1.82) is 0 Å². The first-order chi connectivity index (χ1) is 14.8. The van der Waals surface area contributed by atoms with Crippen molar-refractivity contribution in [2.24, 2.45) is 0 Å². The van der Waals surface area contributed by atoms with Gasteiger partial charge in [-0.1, -0.05) is 30.3 Å². The van der Waals surface area contributed by atoms with Crippen molar-refractivity contribution in [1.82, 2.24) is 10.2 Å². The van der Waals surface area contributed by atoms with Crippen molar-refractivity contribution in [3.8, 4) is 0 Å².